The summed E-state index contributed by atoms with van der Waals surface area (Å²) in [4.78, 5) is 24.0. The summed E-state index contributed by atoms with van der Waals surface area (Å²) in [5.41, 5.74) is 0.676. The van der Waals surface area contributed by atoms with Crippen LogP contribution in [0.3, 0.4) is 0 Å². The average molecular weight is 240 g/mol. The highest BCUT2D eigenvalue weighted by atomic mass is 16.5. The van der Waals surface area contributed by atoms with Gasteiger partial charge in [0.25, 0.3) is 0 Å². The Morgan fingerprint density at radius 3 is 2.00 bits per heavy atom. The molecule has 0 saturated heterocycles. The minimum Gasteiger partial charge on any atom is -0.489 e. The number of allylic oxidation sites excluding steroid dienone is 2. The van der Waals surface area contributed by atoms with Crippen LogP contribution in [0.2, 0.25) is 0 Å². The fourth-order valence-corrected chi connectivity index (χ4v) is 1.57. The maximum absolute atomic E-state index is 12.0. The van der Waals surface area contributed by atoms with Crippen molar-refractivity contribution in [3.8, 4) is 0 Å². The largest absolute Gasteiger partial charge is 0.489 e. The number of carbonyl (C=O) groups excluding carboxylic acids is 2. The summed E-state index contributed by atoms with van der Waals surface area (Å²) in [7, 11) is 2.67. The molecule has 1 aliphatic carbocycles. The molecule has 0 saturated carbocycles. The van der Waals surface area contributed by atoms with Gasteiger partial charge in [0.1, 0.15) is 0 Å². The molecular weight excluding hydrogens is 224 g/mol. The van der Waals surface area contributed by atoms with Crippen LogP contribution >= 0.6 is 0 Å². The lowest BCUT2D eigenvalue weighted by molar-refractivity contribution is -0.121. The van der Waals surface area contributed by atoms with Gasteiger partial charge in [0, 0.05) is 17.8 Å². The smallest absolute Gasteiger partial charge is 0.230 e. The molecule has 0 atom stereocenters. The van der Waals surface area contributed by atoms with Gasteiger partial charge in [-0.25, -0.2) is 0 Å². The second-order valence-electron chi connectivity index (χ2n) is 3.47. The van der Waals surface area contributed by atoms with Gasteiger partial charge in [-0.15, -0.1) is 0 Å². The molecule has 1 rings (SSSR count). The molecular formula is C12H16O5. The van der Waals surface area contributed by atoms with E-state index in [2.05, 4.69) is 0 Å². The second kappa shape index (κ2) is 5.63. The van der Waals surface area contributed by atoms with E-state index in [-0.39, 0.29) is 29.7 Å². The van der Waals surface area contributed by atoms with Gasteiger partial charge in [-0.3, -0.25) is 9.59 Å². The molecule has 17 heavy (non-hydrogen) atoms. The first-order valence-corrected chi connectivity index (χ1v) is 5.27. The van der Waals surface area contributed by atoms with Crippen LogP contribution in [-0.4, -0.2) is 39.0 Å². The highest BCUT2D eigenvalue weighted by Gasteiger charge is 2.34. The highest BCUT2D eigenvalue weighted by Crippen LogP contribution is 2.25. The van der Waals surface area contributed by atoms with Crippen molar-refractivity contribution in [1.82, 2.24) is 0 Å². The monoisotopic (exact) mass is 240 g/mol. The maximum atomic E-state index is 12.0. The number of ketones is 2. The van der Waals surface area contributed by atoms with Gasteiger partial charge in [0.15, 0.2) is 0 Å². The fourth-order valence-electron chi connectivity index (χ4n) is 1.57. The van der Waals surface area contributed by atoms with E-state index in [1.54, 1.807) is 6.92 Å². The normalized spacial score (nSPS) is 16.7. The first kappa shape index (κ1) is 13.4. The van der Waals surface area contributed by atoms with Crippen LogP contribution in [0.15, 0.2) is 22.7 Å². The van der Waals surface area contributed by atoms with E-state index in [1.165, 1.54) is 14.2 Å². The molecule has 0 bridgehead atoms. The third kappa shape index (κ3) is 2.39. The van der Waals surface area contributed by atoms with Crippen LogP contribution in [0.4, 0.5) is 0 Å². The van der Waals surface area contributed by atoms with E-state index in [0.717, 1.165) is 0 Å². The quantitative estimate of drug-likeness (QED) is 0.671. The molecule has 0 heterocycles. The summed E-state index contributed by atoms with van der Waals surface area (Å²) in [6.07, 6.45) is 0. The van der Waals surface area contributed by atoms with Crippen LogP contribution in [-0.2, 0) is 23.8 Å². The van der Waals surface area contributed by atoms with E-state index in [4.69, 9.17) is 14.2 Å². The molecule has 0 unspecified atom stereocenters. The zero-order valence-corrected chi connectivity index (χ0v) is 10.5. The molecule has 5 nitrogen and oxygen atoms in total. The summed E-state index contributed by atoms with van der Waals surface area (Å²) in [5.74, 6) is -0.790. The molecule has 0 aromatic heterocycles. The second-order valence-corrected chi connectivity index (χ2v) is 3.47. The van der Waals surface area contributed by atoms with Crippen molar-refractivity contribution in [2.75, 3.05) is 27.4 Å². The molecule has 0 aliphatic heterocycles. The fraction of sp³-hybridized carbons (Fsp3) is 0.500. The summed E-state index contributed by atoms with van der Waals surface area (Å²) in [6, 6.07) is 0. The van der Waals surface area contributed by atoms with Gasteiger partial charge in [0.2, 0.25) is 23.1 Å². The standard InChI is InChI=1S/C12H16O5/c1-5-17-6-8-7(2)9(13)11(15-3)12(16-4)10(8)14/h5-6H2,1-4H3. The minimum atomic E-state index is -0.352. The molecule has 0 aromatic carbocycles. The number of rotatable bonds is 5. The summed E-state index contributed by atoms with van der Waals surface area (Å²) < 4.78 is 15.0. The molecule has 1 aliphatic rings. The molecule has 0 radical (unpaired) electrons. The third-order valence-corrected chi connectivity index (χ3v) is 2.54. The Kier molecular flexibility index (Phi) is 4.45. The molecule has 0 aromatic rings. The predicted molar refractivity (Wildman–Crippen MR) is 60.3 cm³/mol. The number of ether oxygens (including phenoxy) is 3. The first-order valence-electron chi connectivity index (χ1n) is 5.27. The number of hydrogen-bond donors (Lipinski definition) is 0. The van der Waals surface area contributed by atoms with Crippen LogP contribution in [0.25, 0.3) is 0 Å². The topological polar surface area (TPSA) is 61.8 Å². The Balaban J connectivity index is 3.14. The Morgan fingerprint density at radius 2 is 1.53 bits per heavy atom. The molecule has 0 N–H and O–H groups in total. The molecule has 94 valence electrons. The number of Topliss-reactive ketones (excluding diaryl/α,β-unsaturated/α-hetero) is 2. The van der Waals surface area contributed by atoms with Crippen molar-refractivity contribution < 1.29 is 23.8 Å². The Labute approximate surface area is 100 Å². The third-order valence-electron chi connectivity index (χ3n) is 2.54. The van der Waals surface area contributed by atoms with Crippen LogP contribution in [0, 0.1) is 0 Å². The zero-order chi connectivity index (χ0) is 13.0. The first-order chi connectivity index (χ1) is 8.08. The van der Waals surface area contributed by atoms with E-state index < -0.39 is 0 Å². The zero-order valence-electron chi connectivity index (χ0n) is 10.5. The van der Waals surface area contributed by atoms with Crippen molar-refractivity contribution in [1.29, 1.82) is 0 Å². The highest BCUT2D eigenvalue weighted by molar-refractivity contribution is 6.23. The lowest BCUT2D eigenvalue weighted by Crippen LogP contribution is -2.27. The maximum Gasteiger partial charge on any atom is 0.230 e. The van der Waals surface area contributed by atoms with Gasteiger partial charge >= 0.3 is 0 Å². The van der Waals surface area contributed by atoms with E-state index in [1.807, 2.05) is 6.92 Å². The SMILES string of the molecule is CCOCC1=C(C)C(=O)C(OC)=C(OC)C1=O. The van der Waals surface area contributed by atoms with Crippen LogP contribution < -0.4 is 0 Å². The molecule has 0 fully saturated rings. The summed E-state index contributed by atoms with van der Waals surface area (Å²) in [6.45, 7) is 3.98. The van der Waals surface area contributed by atoms with Crippen LogP contribution in [0.1, 0.15) is 13.8 Å². The average Bonchev–Trinajstić information content (AvgIpc) is 2.33. The minimum absolute atomic E-state index is 0.0461. The van der Waals surface area contributed by atoms with Crippen molar-refractivity contribution in [3.05, 3.63) is 22.7 Å². The summed E-state index contributed by atoms with van der Waals surface area (Å²) in [5, 5.41) is 0. The predicted octanol–water partition coefficient (Wildman–Crippen LogP) is 0.996. The Hall–Kier alpha value is -1.62. The van der Waals surface area contributed by atoms with Gasteiger partial charge in [-0.05, 0) is 13.8 Å². The van der Waals surface area contributed by atoms with Crippen molar-refractivity contribution in [2.45, 2.75) is 13.8 Å². The van der Waals surface area contributed by atoms with Gasteiger partial charge in [0.05, 0.1) is 20.8 Å². The Bertz CT molecular complexity index is 403. The van der Waals surface area contributed by atoms with Crippen molar-refractivity contribution in [3.63, 3.8) is 0 Å². The van der Waals surface area contributed by atoms with E-state index in [0.29, 0.717) is 17.8 Å². The Morgan fingerprint density at radius 1 is 1.00 bits per heavy atom. The van der Waals surface area contributed by atoms with Gasteiger partial charge in [-0.1, -0.05) is 0 Å². The van der Waals surface area contributed by atoms with E-state index in [9.17, 15) is 9.59 Å². The lowest BCUT2D eigenvalue weighted by Gasteiger charge is -2.19. The number of carbonyl (C=O) groups is 2. The van der Waals surface area contributed by atoms with E-state index >= 15 is 0 Å². The van der Waals surface area contributed by atoms with Crippen LogP contribution in [0.5, 0.6) is 0 Å². The lowest BCUT2D eigenvalue weighted by atomic mass is 9.93. The van der Waals surface area contributed by atoms with Gasteiger partial charge in [-0.2, -0.15) is 0 Å². The molecule has 0 amide bonds. The number of methoxy groups -OCH3 is 2. The number of hydrogen-bond acceptors (Lipinski definition) is 5. The molecule has 0 spiro atoms. The van der Waals surface area contributed by atoms with Crippen molar-refractivity contribution in [2.24, 2.45) is 0 Å². The van der Waals surface area contributed by atoms with Crippen molar-refractivity contribution >= 4 is 11.6 Å². The molecule has 5 heteroatoms. The summed E-state index contributed by atoms with van der Waals surface area (Å²) >= 11 is 0. The van der Waals surface area contributed by atoms with Gasteiger partial charge < -0.3 is 14.2 Å².